The topological polar surface area (TPSA) is 88.1 Å². The SMILES string of the molecule is Cc1cc(OCC(=O)NN2C(=O)C(Cl)C2c2ccc(Cl)cc2)c(C(C)C)cc1N=O. The fraction of sp³-hybridized carbons (Fsp3) is 0.333. The molecule has 0 radical (unpaired) electrons. The van der Waals surface area contributed by atoms with Gasteiger partial charge in [0.05, 0.1) is 0 Å². The number of β-lactam (4-membered cyclic amide) rings is 1. The van der Waals surface area contributed by atoms with Gasteiger partial charge in [-0.3, -0.25) is 15.0 Å². The minimum Gasteiger partial charge on any atom is -0.483 e. The largest absolute Gasteiger partial charge is 0.483 e. The summed E-state index contributed by atoms with van der Waals surface area (Å²) in [6, 6.07) is 9.75. The molecular weight excluding hydrogens is 429 g/mol. The Bertz CT molecular complexity index is 979. The minimum atomic E-state index is -0.772. The number of aryl methyl sites for hydroxylation is 1. The Hall–Kier alpha value is -2.64. The number of hydrazine groups is 1. The molecular formula is C21H21Cl2N3O4. The van der Waals surface area contributed by atoms with Crippen molar-refractivity contribution in [3.63, 3.8) is 0 Å². The summed E-state index contributed by atoms with van der Waals surface area (Å²) >= 11 is 12.1. The van der Waals surface area contributed by atoms with Crippen LogP contribution in [0.4, 0.5) is 5.69 Å². The van der Waals surface area contributed by atoms with E-state index < -0.39 is 23.2 Å². The van der Waals surface area contributed by atoms with Crippen LogP contribution in [0.3, 0.4) is 0 Å². The predicted octanol–water partition coefficient (Wildman–Crippen LogP) is 4.77. The van der Waals surface area contributed by atoms with E-state index in [1.165, 1.54) is 5.01 Å². The number of carbonyl (C=O) groups excluding carboxylic acids is 2. The van der Waals surface area contributed by atoms with E-state index in [0.29, 0.717) is 22.0 Å². The maximum atomic E-state index is 12.4. The minimum absolute atomic E-state index is 0.0624. The van der Waals surface area contributed by atoms with Crippen LogP contribution in [0.25, 0.3) is 0 Å². The van der Waals surface area contributed by atoms with Gasteiger partial charge in [-0.25, -0.2) is 5.01 Å². The predicted molar refractivity (Wildman–Crippen MR) is 115 cm³/mol. The number of halogens is 2. The number of nitroso groups, excluding NO2 is 1. The van der Waals surface area contributed by atoms with Gasteiger partial charge in [0.25, 0.3) is 11.8 Å². The molecule has 0 spiro atoms. The smallest absolute Gasteiger partial charge is 0.276 e. The van der Waals surface area contributed by atoms with E-state index >= 15 is 0 Å². The zero-order valence-electron chi connectivity index (χ0n) is 16.7. The van der Waals surface area contributed by atoms with Crippen LogP contribution >= 0.6 is 23.2 Å². The maximum Gasteiger partial charge on any atom is 0.276 e. The van der Waals surface area contributed by atoms with Crippen molar-refractivity contribution in [1.82, 2.24) is 10.4 Å². The molecule has 2 aromatic carbocycles. The first-order valence-electron chi connectivity index (χ1n) is 9.35. The van der Waals surface area contributed by atoms with Gasteiger partial charge in [0, 0.05) is 5.02 Å². The number of benzene rings is 2. The average molecular weight is 450 g/mol. The number of hydrogen-bond acceptors (Lipinski definition) is 5. The first-order chi connectivity index (χ1) is 14.2. The molecule has 30 heavy (non-hydrogen) atoms. The first kappa shape index (κ1) is 22.1. The second-order valence-electron chi connectivity index (χ2n) is 7.35. The number of nitrogens with zero attached hydrogens (tertiary/aromatic N) is 2. The third-order valence-electron chi connectivity index (χ3n) is 4.89. The molecule has 1 heterocycles. The molecule has 0 saturated carbocycles. The molecule has 1 aliphatic rings. The molecule has 9 heteroatoms. The van der Waals surface area contributed by atoms with Crippen molar-refractivity contribution in [2.75, 3.05) is 6.61 Å². The standard InChI is InChI=1S/C21H21Cl2N3O4/c1-11(2)15-9-16(25-29)12(3)8-17(15)30-10-18(27)24-26-20(19(23)21(26)28)13-4-6-14(22)7-5-13/h4-9,11,19-20H,10H2,1-3H3,(H,24,27). The van der Waals surface area contributed by atoms with Crippen LogP contribution in [-0.4, -0.2) is 28.8 Å². The number of ether oxygens (including phenoxy) is 1. The van der Waals surface area contributed by atoms with Crippen molar-refractivity contribution in [2.24, 2.45) is 5.18 Å². The number of carbonyl (C=O) groups is 2. The van der Waals surface area contributed by atoms with E-state index in [2.05, 4.69) is 10.6 Å². The second kappa shape index (κ2) is 9.02. The molecule has 0 aliphatic carbocycles. The Balaban J connectivity index is 1.68. The second-order valence-corrected chi connectivity index (χ2v) is 8.26. The van der Waals surface area contributed by atoms with Crippen molar-refractivity contribution in [3.05, 3.63) is 63.0 Å². The Kier molecular flexibility index (Phi) is 6.63. The van der Waals surface area contributed by atoms with E-state index in [4.69, 9.17) is 27.9 Å². The van der Waals surface area contributed by atoms with Gasteiger partial charge in [-0.2, -0.15) is 0 Å². The lowest BCUT2D eigenvalue weighted by Crippen LogP contribution is -2.63. The molecule has 1 fully saturated rings. The van der Waals surface area contributed by atoms with E-state index in [0.717, 1.165) is 11.1 Å². The lowest BCUT2D eigenvalue weighted by atomic mass is 9.95. The van der Waals surface area contributed by atoms with Crippen molar-refractivity contribution >= 4 is 40.7 Å². The third-order valence-corrected chi connectivity index (χ3v) is 5.57. The first-order valence-corrected chi connectivity index (χ1v) is 10.2. The molecule has 1 aliphatic heterocycles. The van der Waals surface area contributed by atoms with Gasteiger partial charge in [-0.1, -0.05) is 37.6 Å². The highest BCUT2D eigenvalue weighted by Crippen LogP contribution is 2.37. The van der Waals surface area contributed by atoms with Crippen LogP contribution in [0.1, 0.15) is 42.5 Å². The number of nitrogens with one attached hydrogen (secondary N) is 1. The fourth-order valence-electron chi connectivity index (χ4n) is 3.23. The van der Waals surface area contributed by atoms with Crippen LogP contribution in [0.15, 0.2) is 41.6 Å². The molecule has 2 aromatic rings. The lowest BCUT2D eigenvalue weighted by molar-refractivity contribution is -0.157. The molecule has 2 unspecified atom stereocenters. The summed E-state index contributed by atoms with van der Waals surface area (Å²) in [5.74, 6) is -0.349. The summed E-state index contributed by atoms with van der Waals surface area (Å²) in [6.07, 6.45) is 0. The molecule has 3 rings (SSSR count). The quantitative estimate of drug-likeness (QED) is 0.374. The molecule has 0 aromatic heterocycles. The summed E-state index contributed by atoms with van der Waals surface area (Å²) < 4.78 is 5.68. The van der Waals surface area contributed by atoms with Crippen LogP contribution in [0.5, 0.6) is 5.75 Å². The highest BCUT2D eigenvalue weighted by Gasteiger charge is 2.48. The Morgan fingerprint density at radius 3 is 2.53 bits per heavy atom. The number of amides is 2. The zero-order valence-corrected chi connectivity index (χ0v) is 18.2. The highest BCUT2D eigenvalue weighted by atomic mass is 35.5. The molecule has 7 nitrogen and oxygen atoms in total. The molecule has 1 saturated heterocycles. The van der Waals surface area contributed by atoms with Crippen LogP contribution in [-0.2, 0) is 9.59 Å². The Morgan fingerprint density at radius 2 is 1.93 bits per heavy atom. The highest BCUT2D eigenvalue weighted by molar-refractivity contribution is 6.33. The number of alkyl halides is 1. The Labute approximate surface area is 184 Å². The van der Waals surface area contributed by atoms with Gasteiger partial charge in [0.2, 0.25) is 0 Å². The summed E-state index contributed by atoms with van der Waals surface area (Å²) in [6.45, 7) is 5.32. The van der Waals surface area contributed by atoms with Gasteiger partial charge in [0.15, 0.2) is 6.61 Å². The summed E-state index contributed by atoms with van der Waals surface area (Å²) in [5, 5.41) is 4.00. The molecule has 0 bridgehead atoms. The molecule has 158 valence electrons. The summed E-state index contributed by atoms with van der Waals surface area (Å²) in [4.78, 5) is 35.5. The van der Waals surface area contributed by atoms with E-state index in [1.807, 2.05) is 13.8 Å². The van der Waals surface area contributed by atoms with Gasteiger partial charge in [-0.15, -0.1) is 16.5 Å². The van der Waals surface area contributed by atoms with E-state index in [9.17, 15) is 14.5 Å². The van der Waals surface area contributed by atoms with Crippen LogP contribution < -0.4 is 10.2 Å². The monoisotopic (exact) mass is 449 g/mol. The van der Waals surface area contributed by atoms with Gasteiger partial charge >= 0.3 is 0 Å². The Morgan fingerprint density at radius 1 is 1.27 bits per heavy atom. The van der Waals surface area contributed by atoms with Crippen LogP contribution in [0.2, 0.25) is 5.02 Å². The van der Waals surface area contributed by atoms with Crippen LogP contribution in [0, 0.1) is 11.8 Å². The number of hydrogen-bond donors (Lipinski definition) is 1. The molecule has 2 atom stereocenters. The molecule has 2 amide bonds. The normalized spacial score (nSPS) is 18.2. The lowest BCUT2D eigenvalue weighted by Gasteiger charge is -2.43. The van der Waals surface area contributed by atoms with Gasteiger partial charge < -0.3 is 4.74 Å². The van der Waals surface area contributed by atoms with Gasteiger partial charge in [0.1, 0.15) is 22.9 Å². The van der Waals surface area contributed by atoms with Crippen molar-refractivity contribution in [1.29, 1.82) is 0 Å². The number of rotatable bonds is 7. The fourth-order valence-corrected chi connectivity index (χ4v) is 3.72. The van der Waals surface area contributed by atoms with E-state index in [1.54, 1.807) is 43.3 Å². The average Bonchev–Trinajstić information content (AvgIpc) is 2.72. The molecule has 1 N–H and O–H groups in total. The maximum absolute atomic E-state index is 12.4. The van der Waals surface area contributed by atoms with Crippen molar-refractivity contribution in [3.8, 4) is 5.75 Å². The van der Waals surface area contributed by atoms with Gasteiger partial charge in [-0.05, 0) is 59.0 Å². The summed E-state index contributed by atoms with van der Waals surface area (Å²) in [7, 11) is 0. The van der Waals surface area contributed by atoms with Crippen molar-refractivity contribution in [2.45, 2.75) is 38.1 Å². The third kappa shape index (κ3) is 4.42. The summed E-state index contributed by atoms with van der Waals surface area (Å²) in [5.41, 5.74) is 5.06. The zero-order chi connectivity index (χ0) is 22.0. The van der Waals surface area contributed by atoms with E-state index in [-0.39, 0.29) is 12.5 Å². The van der Waals surface area contributed by atoms with Crippen molar-refractivity contribution < 1.29 is 14.3 Å².